The van der Waals surface area contributed by atoms with Crippen LogP contribution < -0.4 is 10.6 Å². The molecule has 1 rings (SSSR count). The summed E-state index contributed by atoms with van der Waals surface area (Å²) in [5, 5.41) is 6.00. The number of rotatable bonds is 1. The maximum atomic E-state index is 4.12. The summed E-state index contributed by atoms with van der Waals surface area (Å²) in [6, 6.07) is 0. The number of hydrogen-bond donors (Lipinski definition) is 2. The number of nitrogens with zero attached hydrogens (tertiary/aromatic N) is 2. The van der Waals surface area contributed by atoms with Gasteiger partial charge in [-0.3, -0.25) is 15.3 Å². The third kappa shape index (κ3) is 1.54. The molecule has 0 aromatic carbocycles. The van der Waals surface area contributed by atoms with Gasteiger partial charge in [0.1, 0.15) is 12.0 Å². The molecule has 0 saturated carbocycles. The fourth-order valence-electron chi connectivity index (χ4n) is 0.829. The van der Waals surface area contributed by atoms with Crippen molar-refractivity contribution in [1.82, 2.24) is 10.6 Å². The molecule has 0 radical (unpaired) electrons. The highest BCUT2D eigenvalue weighted by Gasteiger charge is 2.10. The van der Waals surface area contributed by atoms with Crippen LogP contribution >= 0.6 is 0 Å². The molecule has 1 unspecified atom stereocenters. The molecule has 1 heterocycles. The maximum absolute atomic E-state index is 4.12. The highest BCUT2D eigenvalue weighted by molar-refractivity contribution is 5.93. The molecule has 10 heavy (non-hydrogen) atoms. The molecule has 0 saturated heterocycles. The van der Waals surface area contributed by atoms with Crippen molar-refractivity contribution in [2.24, 2.45) is 9.98 Å². The SMILES string of the molecule is CN=C1CC(NC)N=CN1. The van der Waals surface area contributed by atoms with Crippen LogP contribution in [0.2, 0.25) is 0 Å². The van der Waals surface area contributed by atoms with Crippen LogP contribution in [0.25, 0.3) is 0 Å². The van der Waals surface area contributed by atoms with Gasteiger partial charge in [0, 0.05) is 13.5 Å². The quantitative estimate of drug-likeness (QED) is 0.520. The summed E-state index contributed by atoms with van der Waals surface area (Å²) in [5.74, 6) is 0.981. The fourth-order valence-corrected chi connectivity index (χ4v) is 0.829. The molecule has 56 valence electrons. The number of aliphatic imine (C=N–C) groups is 2. The summed E-state index contributed by atoms with van der Waals surface area (Å²) in [4.78, 5) is 8.14. The van der Waals surface area contributed by atoms with Crippen LogP contribution in [-0.2, 0) is 0 Å². The van der Waals surface area contributed by atoms with Gasteiger partial charge in [0.25, 0.3) is 0 Å². The van der Waals surface area contributed by atoms with E-state index in [-0.39, 0.29) is 6.17 Å². The van der Waals surface area contributed by atoms with Crippen molar-refractivity contribution in [1.29, 1.82) is 0 Å². The van der Waals surface area contributed by atoms with Crippen molar-refractivity contribution in [2.45, 2.75) is 12.6 Å². The van der Waals surface area contributed by atoms with Gasteiger partial charge in [-0.2, -0.15) is 0 Å². The Morgan fingerprint density at radius 1 is 1.90 bits per heavy atom. The van der Waals surface area contributed by atoms with Crippen molar-refractivity contribution in [3.05, 3.63) is 0 Å². The molecule has 0 aliphatic carbocycles. The van der Waals surface area contributed by atoms with Gasteiger partial charge in [0.2, 0.25) is 0 Å². The highest BCUT2D eigenvalue weighted by Crippen LogP contribution is 1.96. The normalized spacial score (nSPS) is 28.6. The predicted molar refractivity (Wildman–Crippen MR) is 42.5 cm³/mol. The van der Waals surface area contributed by atoms with Crippen LogP contribution in [0.5, 0.6) is 0 Å². The van der Waals surface area contributed by atoms with Crippen molar-refractivity contribution >= 4 is 12.2 Å². The Labute approximate surface area is 60.4 Å². The second kappa shape index (κ2) is 3.31. The van der Waals surface area contributed by atoms with Gasteiger partial charge in [-0.15, -0.1) is 0 Å². The zero-order chi connectivity index (χ0) is 7.40. The van der Waals surface area contributed by atoms with Crippen LogP contribution in [0.4, 0.5) is 0 Å². The van der Waals surface area contributed by atoms with Crippen molar-refractivity contribution in [2.75, 3.05) is 14.1 Å². The molecule has 0 spiro atoms. The minimum Gasteiger partial charge on any atom is -0.335 e. The van der Waals surface area contributed by atoms with E-state index in [1.807, 2.05) is 7.05 Å². The van der Waals surface area contributed by atoms with Gasteiger partial charge < -0.3 is 5.32 Å². The van der Waals surface area contributed by atoms with Crippen molar-refractivity contribution in [3.8, 4) is 0 Å². The fraction of sp³-hybridized carbons (Fsp3) is 0.667. The molecular weight excluding hydrogens is 128 g/mol. The summed E-state index contributed by atoms with van der Waals surface area (Å²) in [6.07, 6.45) is 2.72. The zero-order valence-corrected chi connectivity index (χ0v) is 6.26. The Bertz CT molecular complexity index is 161. The Balaban J connectivity index is 2.54. The number of amidine groups is 1. The van der Waals surface area contributed by atoms with Crippen LogP contribution in [-0.4, -0.2) is 32.4 Å². The topological polar surface area (TPSA) is 48.8 Å². The van der Waals surface area contributed by atoms with Gasteiger partial charge in [-0.25, -0.2) is 0 Å². The molecule has 2 N–H and O–H groups in total. The molecule has 1 atom stereocenters. The minimum absolute atomic E-state index is 0.194. The van der Waals surface area contributed by atoms with Gasteiger partial charge >= 0.3 is 0 Å². The third-order valence-corrected chi connectivity index (χ3v) is 1.48. The smallest absolute Gasteiger partial charge is 0.108 e. The van der Waals surface area contributed by atoms with Crippen molar-refractivity contribution < 1.29 is 0 Å². The minimum atomic E-state index is 0.194. The number of nitrogens with one attached hydrogen (secondary N) is 2. The summed E-state index contributed by atoms with van der Waals surface area (Å²) in [7, 11) is 3.66. The molecule has 0 bridgehead atoms. The van der Waals surface area contributed by atoms with E-state index in [2.05, 4.69) is 20.6 Å². The van der Waals surface area contributed by atoms with E-state index in [0.29, 0.717) is 0 Å². The van der Waals surface area contributed by atoms with E-state index >= 15 is 0 Å². The average Bonchev–Trinajstić information content (AvgIpc) is 2.05. The van der Waals surface area contributed by atoms with E-state index in [1.165, 1.54) is 0 Å². The number of hydrogen-bond acceptors (Lipinski definition) is 3. The Kier molecular flexibility index (Phi) is 2.39. The first kappa shape index (κ1) is 7.21. The van der Waals surface area contributed by atoms with E-state index in [9.17, 15) is 0 Å². The summed E-state index contributed by atoms with van der Waals surface area (Å²) in [6.45, 7) is 0. The lowest BCUT2D eigenvalue weighted by molar-refractivity contribution is 0.596. The summed E-state index contributed by atoms with van der Waals surface area (Å²) >= 11 is 0. The van der Waals surface area contributed by atoms with Gasteiger partial charge in [0.15, 0.2) is 0 Å². The molecule has 0 aromatic heterocycles. The Morgan fingerprint density at radius 3 is 3.30 bits per heavy atom. The van der Waals surface area contributed by atoms with Crippen LogP contribution in [0, 0.1) is 0 Å². The molecule has 0 fully saturated rings. The predicted octanol–water partition coefficient (Wildman–Crippen LogP) is -0.418. The van der Waals surface area contributed by atoms with E-state index in [1.54, 1.807) is 13.4 Å². The Morgan fingerprint density at radius 2 is 2.70 bits per heavy atom. The van der Waals surface area contributed by atoms with E-state index in [4.69, 9.17) is 0 Å². The molecular formula is C6H12N4. The zero-order valence-electron chi connectivity index (χ0n) is 6.26. The monoisotopic (exact) mass is 140 g/mol. The molecule has 0 aromatic rings. The van der Waals surface area contributed by atoms with Crippen LogP contribution in [0.3, 0.4) is 0 Å². The van der Waals surface area contributed by atoms with Gasteiger partial charge in [0.05, 0.1) is 6.34 Å². The summed E-state index contributed by atoms with van der Waals surface area (Å²) < 4.78 is 0. The molecule has 1 aliphatic rings. The summed E-state index contributed by atoms with van der Waals surface area (Å²) in [5.41, 5.74) is 0. The standard InChI is InChI=1S/C6H12N4/c1-7-5-3-6(8-2)10-4-9-5/h4-5,7H,3H2,1-2H3,(H,8,9,10). The lowest BCUT2D eigenvalue weighted by atomic mass is 10.3. The average molecular weight is 140 g/mol. The van der Waals surface area contributed by atoms with E-state index in [0.717, 1.165) is 12.3 Å². The lowest BCUT2D eigenvalue weighted by Gasteiger charge is -2.16. The molecule has 4 heteroatoms. The molecule has 4 nitrogen and oxygen atoms in total. The van der Waals surface area contributed by atoms with Gasteiger partial charge in [-0.05, 0) is 7.05 Å². The first-order chi connectivity index (χ1) is 4.86. The third-order valence-electron chi connectivity index (χ3n) is 1.48. The van der Waals surface area contributed by atoms with Crippen LogP contribution in [0.15, 0.2) is 9.98 Å². The van der Waals surface area contributed by atoms with Gasteiger partial charge in [-0.1, -0.05) is 0 Å². The largest absolute Gasteiger partial charge is 0.335 e. The van der Waals surface area contributed by atoms with E-state index < -0.39 is 0 Å². The first-order valence-corrected chi connectivity index (χ1v) is 3.28. The highest BCUT2D eigenvalue weighted by atomic mass is 15.1. The maximum Gasteiger partial charge on any atom is 0.108 e. The molecule has 1 aliphatic heterocycles. The lowest BCUT2D eigenvalue weighted by Crippen LogP contribution is -2.37. The van der Waals surface area contributed by atoms with Crippen molar-refractivity contribution in [3.63, 3.8) is 0 Å². The Hall–Kier alpha value is -0.900. The van der Waals surface area contributed by atoms with Crippen LogP contribution in [0.1, 0.15) is 6.42 Å². The first-order valence-electron chi connectivity index (χ1n) is 3.28. The second-order valence-corrected chi connectivity index (χ2v) is 2.10. The molecule has 0 amide bonds. The second-order valence-electron chi connectivity index (χ2n) is 2.10.